The van der Waals surface area contributed by atoms with Crippen molar-refractivity contribution in [2.75, 3.05) is 13.6 Å². The van der Waals surface area contributed by atoms with Gasteiger partial charge >= 0.3 is 0 Å². The zero-order valence-corrected chi connectivity index (χ0v) is 13.4. The van der Waals surface area contributed by atoms with Crippen LogP contribution >= 0.6 is 28.1 Å². The topological polar surface area (TPSA) is 27.6 Å². The fourth-order valence-electron chi connectivity index (χ4n) is 1.30. The molecule has 1 N–H and O–H groups in total. The van der Waals surface area contributed by atoms with Crippen molar-refractivity contribution in [3.63, 3.8) is 0 Å². The van der Waals surface area contributed by atoms with Gasteiger partial charge in [-0.15, -0.1) is 0 Å². The van der Waals surface area contributed by atoms with Crippen LogP contribution < -0.4 is 5.32 Å². The Morgan fingerprint density at radius 3 is 3.00 bits per heavy atom. The summed E-state index contributed by atoms with van der Waals surface area (Å²) in [6, 6.07) is 4.71. The quantitative estimate of drug-likeness (QED) is 0.383. The third-order valence-corrected chi connectivity index (χ3v) is 3.33. The molecule has 0 fully saturated rings. The number of benzene rings is 1. The third kappa shape index (κ3) is 5.65. The predicted molar refractivity (Wildman–Crippen MR) is 85.0 cm³/mol. The summed E-state index contributed by atoms with van der Waals surface area (Å²) in [7, 11) is 1.73. The van der Waals surface area contributed by atoms with E-state index in [1.54, 1.807) is 19.2 Å². The van der Waals surface area contributed by atoms with E-state index in [-0.39, 0.29) is 5.82 Å². The number of unbranched alkanes of at least 4 members (excludes halogenated alkanes) is 1. The van der Waals surface area contributed by atoms with Crippen molar-refractivity contribution < 1.29 is 4.39 Å². The second kappa shape index (κ2) is 8.22. The first kappa shape index (κ1) is 16.0. The molecule has 0 aliphatic carbocycles. The smallest absolute Gasteiger partial charge is 0.189 e. The van der Waals surface area contributed by atoms with Gasteiger partial charge in [0.05, 0.1) is 6.21 Å². The Morgan fingerprint density at radius 1 is 1.58 bits per heavy atom. The zero-order valence-electron chi connectivity index (χ0n) is 11.0. The zero-order chi connectivity index (χ0) is 14.3. The number of thiocarbonyl (C=S) groups is 1. The molecular formula is C13H17BrFN3S. The lowest BCUT2D eigenvalue weighted by Gasteiger charge is -2.15. The van der Waals surface area contributed by atoms with Gasteiger partial charge in [0.25, 0.3) is 0 Å². The number of nitrogens with zero attached hydrogens (tertiary/aromatic N) is 2. The molecule has 104 valence electrons. The van der Waals surface area contributed by atoms with Crippen LogP contribution in [0.3, 0.4) is 0 Å². The molecule has 3 nitrogen and oxygen atoms in total. The summed E-state index contributed by atoms with van der Waals surface area (Å²) in [5, 5.41) is 9.25. The Hall–Kier alpha value is -1.01. The Balaban J connectivity index is 2.60. The maximum atomic E-state index is 13.5. The van der Waals surface area contributed by atoms with E-state index in [0.29, 0.717) is 10.7 Å². The molecule has 1 aromatic carbocycles. The second-order valence-corrected chi connectivity index (χ2v) is 5.32. The molecule has 1 aromatic rings. The lowest BCUT2D eigenvalue weighted by molar-refractivity contribution is 0.529. The largest absolute Gasteiger partial charge is 0.361 e. The van der Waals surface area contributed by atoms with E-state index in [0.717, 1.165) is 23.9 Å². The first-order valence-electron chi connectivity index (χ1n) is 6.05. The highest BCUT2D eigenvalue weighted by Gasteiger charge is 2.03. The van der Waals surface area contributed by atoms with Crippen molar-refractivity contribution in [1.82, 2.24) is 10.3 Å². The number of nitrogens with one attached hydrogen (secondary N) is 1. The molecule has 19 heavy (non-hydrogen) atoms. The third-order valence-electron chi connectivity index (χ3n) is 2.43. The Kier molecular flexibility index (Phi) is 6.94. The van der Waals surface area contributed by atoms with Gasteiger partial charge < -0.3 is 5.32 Å². The van der Waals surface area contributed by atoms with Gasteiger partial charge in [-0.25, -0.2) is 9.40 Å². The monoisotopic (exact) mass is 345 g/mol. The molecule has 0 atom stereocenters. The molecule has 0 amide bonds. The minimum atomic E-state index is -0.315. The van der Waals surface area contributed by atoms with Crippen molar-refractivity contribution in [2.45, 2.75) is 19.8 Å². The van der Waals surface area contributed by atoms with Gasteiger partial charge in [-0.1, -0.05) is 29.3 Å². The van der Waals surface area contributed by atoms with Crippen LogP contribution in [-0.4, -0.2) is 29.9 Å². The van der Waals surface area contributed by atoms with Crippen molar-refractivity contribution in [3.05, 3.63) is 34.1 Å². The highest BCUT2D eigenvalue weighted by atomic mass is 79.9. The molecule has 1 rings (SSSR count). The highest BCUT2D eigenvalue weighted by molar-refractivity contribution is 9.10. The molecule has 0 unspecified atom stereocenters. The summed E-state index contributed by atoms with van der Waals surface area (Å²) in [5.41, 5.74) is 0.414. The lowest BCUT2D eigenvalue weighted by Crippen LogP contribution is -2.34. The van der Waals surface area contributed by atoms with Gasteiger partial charge in [0.2, 0.25) is 0 Å². The summed E-state index contributed by atoms with van der Waals surface area (Å²) in [5.74, 6) is -0.315. The normalized spacial score (nSPS) is 10.7. The van der Waals surface area contributed by atoms with Gasteiger partial charge in [0.15, 0.2) is 5.11 Å². The minimum Gasteiger partial charge on any atom is -0.361 e. The fourth-order valence-corrected chi connectivity index (χ4v) is 1.83. The molecule has 0 bridgehead atoms. The molecule has 0 aliphatic rings. The summed E-state index contributed by atoms with van der Waals surface area (Å²) in [6.45, 7) is 2.93. The summed E-state index contributed by atoms with van der Waals surface area (Å²) >= 11 is 8.46. The van der Waals surface area contributed by atoms with Crippen molar-refractivity contribution in [3.8, 4) is 0 Å². The Labute approximate surface area is 127 Å². The second-order valence-electron chi connectivity index (χ2n) is 4.02. The number of hydrogen-bond acceptors (Lipinski definition) is 2. The molecule has 0 radical (unpaired) electrons. The van der Waals surface area contributed by atoms with E-state index in [2.05, 4.69) is 33.3 Å². The van der Waals surface area contributed by atoms with E-state index in [1.807, 2.05) is 0 Å². The maximum absolute atomic E-state index is 13.5. The number of rotatable bonds is 5. The van der Waals surface area contributed by atoms with Crippen molar-refractivity contribution in [1.29, 1.82) is 0 Å². The maximum Gasteiger partial charge on any atom is 0.189 e. The first-order valence-corrected chi connectivity index (χ1v) is 7.25. The van der Waals surface area contributed by atoms with Gasteiger partial charge in [0.1, 0.15) is 5.82 Å². The van der Waals surface area contributed by atoms with Gasteiger partial charge in [-0.3, -0.25) is 0 Å². The molecule has 0 spiro atoms. The lowest BCUT2D eigenvalue weighted by atomic mass is 10.2. The van der Waals surface area contributed by atoms with E-state index in [9.17, 15) is 4.39 Å². The van der Waals surface area contributed by atoms with E-state index < -0.39 is 0 Å². The van der Waals surface area contributed by atoms with E-state index >= 15 is 0 Å². The molecular weight excluding hydrogens is 329 g/mol. The number of hydrazone groups is 1. The van der Waals surface area contributed by atoms with E-state index in [4.69, 9.17) is 12.2 Å². The summed E-state index contributed by atoms with van der Waals surface area (Å²) in [6.07, 6.45) is 3.61. The Morgan fingerprint density at radius 2 is 2.32 bits per heavy atom. The van der Waals surface area contributed by atoms with Crippen molar-refractivity contribution in [2.24, 2.45) is 5.10 Å². The highest BCUT2D eigenvalue weighted by Crippen LogP contribution is 2.13. The summed E-state index contributed by atoms with van der Waals surface area (Å²) < 4.78 is 14.3. The van der Waals surface area contributed by atoms with Crippen LogP contribution in [0, 0.1) is 5.82 Å². The average Bonchev–Trinajstić information content (AvgIpc) is 2.39. The van der Waals surface area contributed by atoms with Gasteiger partial charge in [-0.2, -0.15) is 5.10 Å². The van der Waals surface area contributed by atoms with Crippen LogP contribution in [0.4, 0.5) is 4.39 Å². The van der Waals surface area contributed by atoms with Crippen LogP contribution in [0.2, 0.25) is 0 Å². The van der Waals surface area contributed by atoms with Gasteiger partial charge in [0, 0.05) is 23.6 Å². The average molecular weight is 346 g/mol. The summed E-state index contributed by atoms with van der Waals surface area (Å²) in [4.78, 5) is 0. The molecule has 6 heteroatoms. The number of halogens is 2. The van der Waals surface area contributed by atoms with Crippen LogP contribution in [0.5, 0.6) is 0 Å². The fraction of sp³-hybridized carbons (Fsp3) is 0.385. The number of hydrogen-bond donors (Lipinski definition) is 1. The van der Waals surface area contributed by atoms with E-state index in [1.165, 1.54) is 17.3 Å². The molecule has 0 saturated carbocycles. The van der Waals surface area contributed by atoms with Crippen LogP contribution in [0.1, 0.15) is 25.3 Å². The van der Waals surface area contributed by atoms with Crippen LogP contribution in [0.15, 0.2) is 27.8 Å². The standard InChI is InChI=1S/C13H17BrFN3S/c1-3-4-7-16-13(19)18(2)17-9-10-8-11(14)5-6-12(10)15/h5-6,8-9H,3-4,7H2,1-2H3,(H,16,19). The Bertz CT molecular complexity index is 465. The SMILES string of the molecule is CCCCNC(=S)N(C)N=Cc1cc(Br)ccc1F. The molecule has 0 aliphatic heterocycles. The predicted octanol–water partition coefficient (Wildman–Crippen LogP) is 3.53. The minimum absolute atomic E-state index is 0.315. The van der Waals surface area contributed by atoms with Crippen LogP contribution in [-0.2, 0) is 0 Å². The van der Waals surface area contributed by atoms with Gasteiger partial charge in [-0.05, 0) is 36.8 Å². The van der Waals surface area contributed by atoms with Crippen molar-refractivity contribution >= 4 is 39.5 Å². The first-order chi connectivity index (χ1) is 9.04. The van der Waals surface area contributed by atoms with Crippen LogP contribution in [0.25, 0.3) is 0 Å². The molecule has 0 heterocycles. The molecule has 0 aromatic heterocycles. The molecule has 0 saturated heterocycles.